The molecule has 2 fully saturated rings. The van der Waals surface area contributed by atoms with Crippen molar-refractivity contribution in [1.82, 2.24) is 25.1 Å². The maximum atomic E-state index is 13.4. The Balaban J connectivity index is 1.21. The quantitative estimate of drug-likeness (QED) is 0.295. The summed E-state index contributed by atoms with van der Waals surface area (Å²) in [6.45, 7) is 10.8. The van der Waals surface area contributed by atoms with Crippen LogP contribution >= 0.6 is 0 Å². The molecule has 4 N–H and O–H groups in total. The highest BCUT2D eigenvalue weighted by Crippen LogP contribution is 2.34. The normalized spacial score (nSPS) is 17.8. The molecule has 0 spiro atoms. The third kappa shape index (κ3) is 7.92. The molecule has 1 aromatic heterocycles. The standard InChI is InChI=1S/C36H49N7O3/c1-26-33(27(2)40-25-39-26)35(46)41-20-16-36(3,17-21-41)42-18-13-31(14-19-42)43(24-29-7-5-4-6-8-29)30-11-9-28(10-12-30)23-38-34(45)32(37)15-22-44/h4-12,25,31-32,44H,13-24,37H2,1-3H3,(H,38,45). The maximum absolute atomic E-state index is 13.4. The minimum atomic E-state index is -0.702. The number of nitrogens with zero attached hydrogens (tertiary/aromatic N) is 5. The SMILES string of the molecule is Cc1ncnc(C)c1C(=O)N1CCC(C)(N2CCC(N(Cc3ccccc3)c3ccc(CNC(=O)C(N)CCO)cc3)CC2)CC1. The number of piperidine rings is 2. The lowest BCUT2D eigenvalue weighted by Gasteiger charge is -2.50. The number of nitrogens with two attached hydrogens (primary N) is 1. The second-order valence-corrected chi connectivity index (χ2v) is 13.0. The molecule has 0 bridgehead atoms. The summed E-state index contributed by atoms with van der Waals surface area (Å²) >= 11 is 0. The van der Waals surface area contributed by atoms with Crippen LogP contribution in [0.5, 0.6) is 0 Å². The summed E-state index contributed by atoms with van der Waals surface area (Å²) < 4.78 is 0. The molecule has 3 aromatic rings. The predicted molar refractivity (Wildman–Crippen MR) is 180 cm³/mol. The summed E-state index contributed by atoms with van der Waals surface area (Å²) in [6.07, 6.45) is 5.79. The van der Waals surface area contributed by atoms with Crippen molar-refractivity contribution in [2.24, 2.45) is 5.73 Å². The molecule has 2 amide bonds. The molecule has 3 heterocycles. The third-order valence-corrected chi connectivity index (χ3v) is 9.94. The first-order valence-corrected chi connectivity index (χ1v) is 16.5. The number of benzene rings is 2. The van der Waals surface area contributed by atoms with Crippen LogP contribution in [-0.4, -0.2) is 87.1 Å². The van der Waals surface area contributed by atoms with Gasteiger partial charge in [0, 0.05) is 63.1 Å². The molecule has 0 saturated carbocycles. The highest BCUT2D eigenvalue weighted by atomic mass is 16.3. The van der Waals surface area contributed by atoms with E-state index in [0.29, 0.717) is 18.2 Å². The van der Waals surface area contributed by atoms with Gasteiger partial charge in [0.1, 0.15) is 6.33 Å². The minimum absolute atomic E-state index is 0.0478. The van der Waals surface area contributed by atoms with E-state index >= 15 is 0 Å². The van der Waals surface area contributed by atoms with Crippen molar-refractivity contribution in [2.75, 3.05) is 37.7 Å². The number of likely N-dealkylation sites (tertiary alicyclic amines) is 2. The minimum Gasteiger partial charge on any atom is -0.396 e. The summed E-state index contributed by atoms with van der Waals surface area (Å²) in [5.41, 5.74) is 11.5. The number of amides is 2. The number of nitrogens with one attached hydrogen (secondary N) is 1. The number of anilines is 1. The molecule has 2 aliphatic rings. The fourth-order valence-corrected chi connectivity index (χ4v) is 6.89. The Hall–Kier alpha value is -3.86. The molecule has 2 aliphatic heterocycles. The Morgan fingerprint density at radius 3 is 2.22 bits per heavy atom. The van der Waals surface area contributed by atoms with E-state index in [9.17, 15) is 9.59 Å². The molecule has 10 heteroatoms. The summed E-state index contributed by atoms with van der Waals surface area (Å²) in [7, 11) is 0. The van der Waals surface area contributed by atoms with Gasteiger partial charge in [-0.2, -0.15) is 0 Å². The van der Waals surface area contributed by atoms with Crippen molar-refractivity contribution in [3.8, 4) is 0 Å². The molecule has 2 saturated heterocycles. The fourth-order valence-electron chi connectivity index (χ4n) is 6.89. The van der Waals surface area contributed by atoms with Crippen LogP contribution < -0.4 is 16.0 Å². The maximum Gasteiger partial charge on any atom is 0.257 e. The van der Waals surface area contributed by atoms with Gasteiger partial charge >= 0.3 is 0 Å². The van der Waals surface area contributed by atoms with E-state index in [-0.39, 0.29) is 30.4 Å². The Labute approximate surface area is 273 Å². The second kappa shape index (κ2) is 15.2. The molecule has 2 aromatic carbocycles. The van der Waals surface area contributed by atoms with E-state index in [1.807, 2.05) is 18.7 Å². The number of carbonyl (C=O) groups is 2. The van der Waals surface area contributed by atoms with Crippen molar-refractivity contribution in [1.29, 1.82) is 0 Å². The topological polar surface area (TPSA) is 128 Å². The third-order valence-electron chi connectivity index (χ3n) is 9.94. The number of aliphatic hydroxyl groups is 1. The van der Waals surface area contributed by atoms with Crippen LogP contribution in [0.15, 0.2) is 60.9 Å². The second-order valence-electron chi connectivity index (χ2n) is 13.0. The summed E-state index contributed by atoms with van der Waals surface area (Å²) in [5, 5.41) is 11.9. The van der Waals surface area contributed by atoms with Crippen molar-refractivity contribution in [2.45, 2.75) is 83.6 Å². The van der Waals surface area contributed by atoms with Gasteiger partial charge in [0.2, 0.25) is 5.91 Å². The lowest BCUT2D eigenvalue weighted by molar-refractivity contribution is -0.122. The van der Waals surface area contributed by atoms with Gasteiger partial charge in [0.25, 0.3) is 5.91 Å². The first kappa shape index (κ1) is 33.5. The summed E-state index contributed by atoms with van der Waals surface area (Å²) in [4.78, 5) is 41.3. The van der Waals surface area contributed by atoms with Crippen LogP contribution in [0.1, 0.15) is 71.9 Å². The Morgan fingerprint density at radius 1 is 0.978 bits per heavy atom. The van der Waals surface area contributed by atoms with Gasteiger partial charge in [-0.3, -0.25) is 14.5 Å². The lowest BCUT2D eigenvalue weighted by Crippen LogP contribution is -2.58. The molecular weight excluding hydrogens is 578 g/mol. The number of aromatic nitrogens is 2. The summed E-state index contributed by atoms with van der Waals surface area (Å²) in [6, 6.07) is 18.7. The molecule has 1 unspecified atom stereocenters. The van der Waals surface area contributed by atoms with Crippen molar-refractivity contribution >= 4 is 17.5 Å². The highest BCUT2D eigenvalue weighted by molar-refractivity contribution is 5.96. The number of hydrogen-bond acceptors (Lipinski definition) is 8. The highest BCUT2D eigenvalue weighted by Gasteiger charge is 2.39. The average Bonchev–Trinajstić information content (AvgIpc) is 3.07. The smallest absolute Gasteiger partial charge is 0.257 e. The van der Waals surface area contributed by atoms with E-state index in [0.717, 1.165) is 75.4 Å². The molecule has 46 heavy (non-hydrogen) atoms. The van der Waals surface area contributed by atoms with E-state index in [1.54, 1.807) is 0 Å². The van der Waals surface area contributed by atoms with Gasteiger partial charge in [0.05, 0.1) is 23.0 Å². The van der Waals surface area contributed by atoms with Crippen LogP contribution in [0, 0.1) is 13.8 Å². The van der Waals surface area contributed by atoms with E-state index in [2.05, 4.69) is 86.6 Å². The van der Waals surface area contributed by atoms with E-state index in [4.69, 9.17) is 10.8 Å². The van der Waals surface area contributed by atoms with Crippen LogP contribution in [0.3, 0.4) is 0 Å². The van der Waals surface area contributed by atoms with Gasteiger partial charge in [-0.1, -0.05) is 42.5 Å². The molecular formula is C36H49N7O3. The molecule has 10 nitrogen and oxygen atoms in total. The van der Waals surface area contributed by atoms with Gasteiger partial charge in [-0.05, 0) is 76.1 Å². The van der Waals surface area contributed by atoms with Gasteiger partial charge in [-0.15, -0.1) is 0 Å². The molecule has 0 radical (unpaired) electrons. The molecule has 0 aliphatic carbocycles. The molecule has 246 valence electrons. The van der Waals surface area contributed by atoms with Crippen LogP contribution in [0.25, 0.3) is 0 Å². The zero-order valence-corrected chi connectivity index (χ0v) is 27.5. The van der Waals surface area contributed by atoms with E-state index < -0.39 is 6.04 Å². The first-order valence-electron chi connectivity index (χ1n) is 16.5. The van der Waals surface area contributed by atoms with Crippen molar-refractivity contribution in [3.05, 3.63) is 89.0 Å². The summed E-state index contributed by atoms with van der Waals surface area (Å²) in [5.74, 6) is -0.205. The average molecular weight is 628 g/mol. The molecule has 5 rings (SSSR count). The van der Waals surface area contributed by atoms with Crippen molar-refractivity contribution in [3.63, 3.8) is 0 Å². The zero-order chi connectivity index (χ0) is 32.7. The van der Waals surface area contributed by atoms with Crippen LogP contribution in [0.4, 0.5) is 5.69 Å². The Kier molecular flexibility index (Phi) is 11.0. The van der Waals surface area contributed by atoms with Crippen molar-refractivity contribution < 1.29 is 14.7 Å². The Bertz CT molecular complexity index is 1430. The van der Waals surface area contributed by atoms with Gasteiger partial charge < -0.3 is 26.0 Å². The largest absolute Gasteiger partial charge is 0.396 e. The lowest BCUT2D eigenvalue weighted by atomic mass is 9.85. The first-order chi connectivity index (χ1) is 22.2. The van der Waals surface area contributed by atoms with Crippen LogP contribution in [-0.2, 0) is 17.9 Å². The number of hydrogen-bond donors (Lipinski definition) is 3. The van der Waals surface area contributed by atoms with Gasteiger partial charge in [-0.25, -0.2) is 9.97 Å². The number of carbonyl (C=O) groups excluding carboxylic acids is 2. The number of aliphatic hydroxyl groups excluding tert-OH is 1. The van der Waals surface area contributed by atoms with Gasteiger partial charge in [0.15, 0.2) is 0 Å². The van der Waals surface area contributed by atoms with E-state index in [1.165, 1.54) is 17.6 Å². The van der Waals surface area contributed by atoms with Crippen LogP contribution in [0.2, 0.25) is 0 Å². The fraction of sp³-hybridized carbons (Fsp3) is 0.500. The predicted octanol–water partition coefficient (Wildman–Crippen LogP) is 3.59. The number of aryl methyl sites for hydroxylation is 2. The Morgan fingerprint density at radius 2 is 1.61 bits per heavy atom. The molecule has 1 atom stereocenters. The number of rotatable bonds is 11. The monoisotopic (exact) mass is 627 g/mol. The zero-order valence-electron chi connectivity index (χ0n) is 27.5.